The summed E-state index contributed by atoms with van der Waals surface area (Å²) < 4.78 is 30.5. The molecule has 0 aliphatic carbocycles. The van der Waals surface area contributed by atoms with Gasteiger partial charge in [0.15, 0.2) is 0 Å². The number of benzene rings is 2. The molecule has 2 aromatic carbocycles. The van der Waals surface area contributed by atoms with Crippen LogP contribution in [0, 0.1) is 0 Å². The van der Waals surface area contributed by atoms with Gasteiger partial charge < -0.3 is 0 Å². The molecule has 2 aromatic rings. The van der Waals surface area contributed by atoms with Crippen molar-refractivity contribution in [3.63, 3.8) is 0 Å². The van der Waals surface area contributed by atoms with Crippen LogP contribution in [-0.2, 0) is 14.3 Å². The molecule has 0 amide bonds. The van der Waals surface area contributed by atoms with Crippen LogP contribution in [-0.4, -0.2) is 44.6 Å². The first-order valence-electron chi connectivity index (χ1n) is 14.0. The number of hydrogen-bond acceptors (Lipinski definition) is 3. The van der Waals surface area contributed by atoms with E-state index in [1.54, 1.807) is 12.1 Å². The molecule has 5 heteroatoms. The fourth-order valence-corrected chi connectivity index (χ4v) is 5.81. The van der Waals surface area contributed by atoms with E-state index in [0.29, 0.717) is 0 Å². The monoisotopic (exact) mass is 511 g/mol. The largest absolute Gasteiger partial charge is 0.297 e. The van der Waals surface area contributed by atoms with Crippen molar-refractivity contribution in [2.45, 2.75) is 127 Å². The summed E-state index contributed by atoms with van der Waals surface area (Å²) in [5.74, 6) is 0. The number of rotatable bonds is 21. The van der Waals surface area contributed by atoms with Gasteiger partial charge in [0.1, 0.15) is 4.90 Å². The zero-order valence-electron chi connectivity index (χ0n) is 22.6. The van der Waals surface area contributed by atoms with Crippen molar-refractivity contribution in [1.82, 2.24) is 0 Å². The zero-order chi connectivity index (χ0) is 24.3. The average molecular weight is 512 g/mol. The molecule has 0 atom stereocenters. The molecule has 0 unspecified atom stereocenters. The minimum absolute atomic E-state index is 0. The fraction of sp³-hybridized carbons (Fsp3) is 0.667. The third kappa shape index (κ3) is 14.2. The van der Waals surface area contributed by atoms with E-state index in [4.69, 9.17) is 4.18 Å². The summed E-state index contributed by atoms with van der Waals surface area (Å²) in [6, 6.07) is 12.9. The van der Waals surface area contributed by atoms with E-state index >= 15 is 0 Å². The molecule has 0 spiro atoms. The van der Waals surface area contributed by atoms with Crippen LogP contribution in [0.25, 0.3) is 10.8 Å². The summed E-state index contributed by atoms with van der Waals surface area (Å²) >= 11 is 0. The molecule has 0 saturated heterocycles. The van der Waals surface area contributed by atoms with Crippen molar-refractivity contribution in [3.8, 4) is 0 Å². The number of unbranched alkanes of at least 4 members (excludes halogenated alkanes) is 17. The van der Waals surface area contributed by atoms with Gasteiger partial charge in [-0.25, -0.2) is 0 Å². The van der Waals surface area contributed by atoms with Crippen LogP contribution >= 0.6 is 0 Å². The van der Waals surface area contributed by atoms with Gasteiger partial charge in [0.05, 0.1) is 6.61 Å². The van der Waals surface area contributed by atoms with Gasteiger partial charge in [-0.3, -0.25) is 4.18 Å². The van der Waals surface area contributed by atoms with Gasteiger partial charge in [0.25, 0.3) is 10.1 Å². The topological polar surface area (TPSA) is 43.4 Å². The van der Waals surface area contributed by atoms with E-state index in [2.05, 4.69) is 6.92 Å². The van der Waals surface area contributed by atoms with Crippen molar-refractivity contribution in [1.29, 1.82) is 0 Å². The molecule has 2 rings (SSSR count). The van der Waals surface area contributed by atoms with Gasteiger partial charge >= 0.3 is 0 Å². The van der Waals surface area contributed by atoms with Crippen LogP contribution in [0.4, 0.5) is 0 Å². The summed E-state index contributed by atoms with van der Waals surface area (Å²) in [6.07, 6.45) is 23.8. The standard InChI is InChI=1S/C30H48O3S.Na/c1-2-3-4-5-6-7-8-9-10-11-12-13-14-15-16-17-18-21-27-33-34(31,32)30-26-22-24-28-23-19-20-25-29(28)30;/h19-20,22-26H,2-18,21,27H2,1H3;. The molecule has 1 radical (unpaired) electrons. The Balaban J connectivity index is 0.00000612. The van der Waals surface area contributed by atoms with Gasteiger partial charge in [0.2, 0.25) is 0 Å². The Labute approximate surface area is 238 Å². The van der Waals surface area contributed by atoms with Gasteiger partial charge in [-0.1, -0.05) is 152 Å². The second-order valence-electron chi connectivity index (χ2n) is 9.76. The molecular weight excluding hydrogens is 463 g/mol. The summed E-state index contributed by atoms with van der Waals surface area (Å²) in [5.41, 5.74) is 0. The van der Waals surface area contributed by atoms with Crippen molar-refractivity contribution in [2.75, 3.05) is 6.61 Å². The minimum atomic E-state index is -3.71. The Morgan fingerprint density at radius 2 is 1.00 bits per heavy atom. The zero-order valence-corrected chi connectivity index (χ0v) is 25.4. The predicted molar refractivity (Wildman–Crippen MR) is 152 cm³/mol. The summed E-state index contributed by atoms with van der Waals surface area (Å²) in [4.78, 5) is 0.271. The molecule has 0 bridgehead atoms. The number of fused-ring (bicyclic) bond motifs is 1. The van der Waals surface area contributed by atoms with E-state index in [1.165, 1.54) is 96.3 Å². The van der Waals surface area contributed by atoms with Gasteiger partial charge in [-0.15, -0.1) is 0 Å². The first kappa shape index (κ1) is 32.6. The van der Waals surface area contributed by atoms with Crippen LogP contribution in [0.5, 0.6) is 0 Å². The van der Waals surface area contributed by atoms with Crippen molar-refractivity contribution >= 4 is 50.4 Å². The van der Waals surface area contributed by atoms with Crippen molar-refractivity contribution in [3.05, 3.63) is 42.5 Å². The van der Waals surface area contributed by atoms with Crippen LogP contribution in [0.15, 0.2) is 47.4 Å². The summed E-state index contributed by atoms with van der Waals surface area (Å²) in [6.45, 7) is 2.55. The Morgan fingerprint density at radius 1 is 0.571 bits per heavy atom. The Hall–Kier alpha value is -0.390. The maximum atomic E-state index is 12.6. The maximum Gasteiger partial charge on any atom is 0.297 e. The fourth-order valence-electron chi connectivity index (χ4n) is 4.65. The Kier molecular flexibility index (Phi) is 19.3. The van der Waals surface area contributed by atoms with Crippen LogP contribution < -0.4 is 0 Å². The van der Waals surface area contributed by atoms with E-state index in [-0.39, 0.29) is 41.1 Å². The van der Waals surface area contributed by atoms with Crippen molar-refractivity contribution < 1.29 is 12.6 Å². The first-order valence-corrected chi connectivity index (χ1v) is 15.4. The molecule has 0 aliphatic heterocycles. The van der Waals surface area contributed by atoms with E-state index in [0.717, 1.165) is 30.0 Å². The summed E-state index contributed by atoms with van der Waals surface area (Å²) in [5, 5.41) is 1.64. The first-order chi connectivity index (χ1) is 16.6. The minimum Gasteiger partial charge on any atom is -0.266 e. The second kappa shape index (κ2) is 20.6. The quantitative estimate of drug-likeness (QED) is 0.0953. The molecule has 0 fully saturated rings. The Morgan fingerprint density at radius 3 is 1.51 bits per heavy atom. The van der Waals surface area contributed by atoms with E-state index in [1.807, 2.05) is 30.3 Å². The van der Waals surface area contributed by atoms with Crippen LogP contribution in [0.3, 0.4) is 0 Å². The maximum absolute atomic E-state index is 12.6. The molecule has 0 aromatic heterocycles. The SMILES string of the molecule is CCCCCCCCCCCCCCCCCCCCOS(=O)(=O)c1cccc2ccccc12.[Na]. The molecule has 3 nitrogen and oxygen atoms in total. The third-order valence-corrected chi connectivity index (χ3v) is 8.13. The smallest absolute Gasteiger partial charge is 0.266 e. The van der Waals surface area contributed by atoms with Crippen LogP contribution in [0.2, 0.25) is 0 Å². The average Bonchev–Trinajstić information content (AvgIpc) is 2.85. The molecule has 0 saturated carbocycles. The predicted octanol–water partition coefficient (Wildman–Crippen LogP) is 9.21. The number of hydrogen-bond donors (Lipinski definition) is 0. The van der Waals surface area contributed by atoms with E-state index in [9.17, 15) is 8.42 Å². The molecule has 0 heterocycles. The summed E-state index contributed by atoms with van der Waals surface area (Å²) in [7, 11) is -3.71. The second-order valence-corrected chi connectivity index (χ2v) is 11.3. The van der Waals surface area contributed by atoms with Gasteiger partial charge in [0, 0.05) is 34.9 Å². The molecular formula is C30H48NaO3S. The Bertz CT molecular complexity index is 877. The third-order valence-electron chi connectivity index (χ3n) is 6.76. The molecule has 0 aliphatic rings. The van der Waals surface area contributed by atoms with Gasteiger partial charge in [-0.2, -0.15) is 8.42 Å². The molecule has 193 valence electrons. The van der Waals surface area contributed by atoms with Crippen LogP contribution in [0.1, 0.15) is 122 Å². The molecule has 35 heavy (non-hydrogen) atoms. The molecule has 0 N–H and O–H groups in total. The normalized spacial score (nSPS) is 11.6. The van der Waals surface area contributed by atoms with Gasteiger partial charge in [-0.05, 0) is 17.9 Å². The van der Waals surface area contributed by atoms with Crippen molar-refractivity contribution in [2.24, 2.45) is 0 Å². The van der Waals surface area contributed by atoms with E-state index < -0.39 is 10.1 Å².